The Hall–Kier alpha value is 0. The standard InChI is InChI=1S/C15H27/c1-3-13-9-5-6-10-14(13)15(2)11-7-4-8-12-15/h14H,3-12H2,1-2H3. The zero-order chi connectivity index (χ0) is 10.7. The summed E-state index contributed by atoms with van der Waals surface area (Å²) in [6.45, 7) is 4.96. The molecule has 0 aromatic rings. The van der Waals surface area contributed by atoms with E-state index >= 15 is 0 Å². The topological polar surface area (TPSA) is 0 Å². The van der Waals surface area contributed by atoms with Crippen LogP contribution in [0.1, 0.15) is 78.1 Å². The summed E-state index contributed by atoms with van der Waals surface area (Å²) >= 11 is 0. The van der Waals surface area contributed by atoms with Crippen molar-refractivity contribution in [2.75, 3.05) is 0 Å². The molecule has 0 heterocycles. The second-order valence-corrected chi connectivity index (χ2v) is 6.02. The van der Waals surface area contributed by atoms with Gasteiger partial charge in [-0.3, -0.25) is 0 Å². The highest BCUT2D eigenvalue weighted by molar-refractivity contribution is 5.05. The summed E-state index contributed by atoms with van der Waals surface area (Å²) in [7, 11) is 0. The molecule has 15 heavy (non-hydrogen) atoms. The Morgan fingerprint density at radius 1 is 1.07 bits per heavy atom. The van der Waals surface area contributed by atoms with Gasteiger partial charge in [-0.05, 0) is 49.4 Å². The molecule has 0 aromatic carbocycles. The lowest BCUT2D eigenvalue weighted by molar-refractivity contribution is 0.100. The predicted octanol–water partition coefficient (Wildman–Crippen LogP) is 5.13. The van der Waals surface area contributed by atoms with Gasteiger partial charge in [-0.2, -0.15) is 0 Å². The van der Waals surface area contributed by atoms with E-state index in [2.05, 4.69) is 13.8 Å². The average Bonchev–Trinajstić information content (AvgIpc) is 2.30. The second kappa shape index (κ2) is 4.89. The molecule has 0 N–H and O–H groups in total. The van der Waals surface area contributed by atoms with Crippen LogP contribution in [-0.2, 0) is 0 Å². The van der Waals surface area contributed by atoms with Gasteiger partial charge in [0.2, 0.25) is 0 Å². The first-order valence-electron chi connectivity index (χ1n) is 7.11. The maximum absolute atomic E-state index is 2.58. The van der Waals surface area contributed by atoms with Crippen LogP contribution < -0.4 is 0 Å². The molecular formula is C15H27. The van der Waals surface area contributed by atoms with Crippen molar-refractivity contribution in [3.05, 3.63) is 5.92 Å². The van der Waals surface area contributed by atoms with Crippen molar-refractivity contribution in [3.63, 3.8) is 0 Å². The molecule has 2 aliphatic carbocycles. The molecule has 2 rings (SSSR count). The van der Waals surface area contributed by atoms with Crippen molar-refractivity contribution in [2.45, 2.75) is 78.1 Å². The fraction of sp³-hybridized carbons (Fsp3) is 0.933. The van der Waals surface area contributed by atoms with Crippen LogP contribution in [0.5, 0.6) is 0 Å². The number of hydrogen-bond acceptors (Lipinski definition) is 0. The minimum Gasteiger partial charge on any atom is -0.0648 e. The molecule has 2 aliphatic rings. The van der Waals surface area contributed by atoms with Crippen LogP contribution >= 0.6 is 0 Å². The van der Waals surface area contributed by atoms with Crippen LogP contribution in [0.4, 0.5) is 0 Å². The van der Waals surface area contributed by atoms with Crippen LogP contribution in [0.15, 0.2) is 0 Å². The number of hydrogen-bond donors (Lipinski definition) is 0. The van der Waals surface area contributed by atoms with E-state index in [1.165, 1.54) is 64.2 Å². The van der Waals surface area contributed by atoms with E-state index in [1.54, 1.807) is 0 Å². The highest BCUT2D eigenvalue weighted by Crippen LogP contribution is 2.51. The second-order valence-electron chi connectivity index (χ2n) is 6.02. The Morgan fingerprint density at radius 3 is 2.47 bits per heavy atom. The molecular weight excluding hydrogens is 180 g/mol. The molecule has 0 saturated heterocycles. The summed E-state index contributed by atoms with van der Waals surface area (Å²) in [5.41, 5.74) is 0.685. The third-order valence-electron chi connectivity index (χ3n) is 5.02. The monoisotopic (exact) mass is 207 g/mol. The van der Waals surface area contributed by atoms with Gasteiger partial charge in [-0.25, -0.2) is 0 Å². The van der Waals surface area contributed by atoms with Crippen LogP contribution in [0.25, 0.3) is 0 Å². The van der Waals surface area contributed by atoms with Crippen molar-refractivity contribution < 1.29 is 0 Å². The lowest BCUT2D eigenvalue weighted by atomic mass is 9.59. The lowest BCUT2D eigenvalue weighted by Gasteiger charge is -2.46. The Bertz CT molecular complexity index is 188. The molecule has 1 atom stereocenters. The molecule has 0 heteroatoms. The molecule has 1 radical (unpaired) electrons. The van der Waals surface area contributed by atoms with Gasteiger partial charge in [-0.1, -0.05) is 46.0 Å². The highest BCUT2D eigenvalue weighted by atomic mass is 14.4. The third-order valence-corrected chi connectivity index (χ3v) is 5.02. The molecule has 0 bridgehead atoms. The molecule has 87 valence electrons. The van der Waals surface area contributed by atoms with E-state index in [9.17, 15) is 0 Å². The van der Waals surface area contributed by atoms with Crippen LogP contribution in [0.2, 0.25) is 0 Å². The molecule has 2 saturated carbocycles. The summed E-state index contributed by atoms with van der Waals surface area (Å²) < 4.78 is 0. The van der Waals surface area contributed by atoms with Gasteiger partial charge < -0.3 is 0 Å². The minimum atomic E-state index is 0.685. The zero-order valence-corrected chi connectivity index (χ0v) is 10.6. The van der Waals surface area contributed by atoms with Crippen molar-refractivity contribution in [1.82, 2.24) is 0 Å². The van der Waals surface area contributed by atoms with E-state index in [-0.39, 0.29) is 0 Å². The fourth-order valence-corrected chi connectivity index (χ4v) is 4.05. The molecule has 1 unspecified atom stereocenters. The normalized spacial score (nSPS) is 32.8. The van der Waals surface area contributed by atoms with E-state index in [0.29, 0.717) is 5.41 Å². The largest absolute Gasteiger partial charge is 0.0648 e. The predicted molar refractivity (Wildman–Crippen MR) is 66.7 cm³/mol. The Balaban J connectivity index is 2.04. The SMILES string of the molecule is CC[C]1CCCCC1C1(C)CCCCC1. The van der Waals surface area contributed by atoms with Crippen molar-refractivity contribution >= 4 is 0 Å². The fourth-order valence-electron chi connectivity index (χ4n) is 4.05. The van der Waals surface area contributed by atoms with Crippen molar-refractivity contribution in [3.8, 4) is 0 Å². The summed E-state index contributed by atoms with van der Waals surface area (Å²) in [4.78, 5) is 0. The molecule has 0 nitrogen and oxygen atoms in total. The van der Waals surface area contributed by atoms with Gasteiger partial charge in [0.15, 0.2) is 0 Å². The lowest BCUT2D eigenvalue weighted by Crippen LogP contribution is -2.35. The van der Waals surface area contributed by atoms with E-state index < -0.39 is 0 Å². The smallest absolute Gasteiger partial charge is 0.0207 e. The summed E-state index contributed by atoms with van der Waals surface area (Å²) in [6, 6.07) is 0. The molecule has 2 fully saturated rings. The quantitative estimate of drug-likeness (QED) is 0.588. The zero-order valence-electron chi connectivity index (χ0n) is 10.6. The van der Waals surface area contributed by atoms with Gasteiger partial charge in [0.1, 0.15) is 0 Å². The number of rotatable bonds is 2. The van der Waals surface area contributed by atoms with E-state index in [4.69, 9.17) is 0 Å². The van der Waals surface area contributed by atoms with Gasteiger partial charge in [0.25, 0.3) is 0 Å². The molecule has 0 aromatic heterocycles. The van der Waals surface area contributed by atoms with Crippen LogP contribution in [0.3, 0.4) is 0 Å². The van der Waals surface area contributed by atoms with E-state index in [0.717, 1.165) is 5.92 Å². The molecule has 0 spiro atoms. The Morgan fingerprint density at radius 2 is 1.80 bits per heavy atom. The van der Waals surface area contributed by atoms with Crippen molar-refractivity contribution in [2.24, 2.45) is 11.3 Å². The highest BCUT2D eigenvalue weighted by Gasteiger charge is 2.40. The van der Waals surface area contributed by atoms with Gasteiger partial charge in [-0.15, -0.1) is 0 Å². The van der Waals surface area contributed by atoms with Crippen LogP contribution in [0, 0.1) is 17.3 Å². The minimum absolute atomic E-state index is 0.685. The molecule has 0 aliphatic heterocycles. The van der Waals surface area contributed by atoms with Crippen molar-refractivity contribution in [1.29, 1.82) is 0 Å². The molecule has 0 amide bonds. The summed E-state index contributed by atoms with van der Waals surface area (Å²) in [5.74, 6) is 2.89. The van der Waals surface area contributed by atoms with Crippen LogP contribution in [-0.4, -0.2) is 0 Å². The third kappa shape index (κ3) is 2.40. The van der Waals surface area contributed by atoms with Gasteiger partial charge in [0.05, 0.1) is 0 Å². The average molecular weight is 207 g/mol. The summed E-state index contributed by atoms with van der Waals surface area (Å²) in [5, 5.41) is 0. The first-order chi connectivity index (χ1) is 7.26. The first kappa shape index (κ1) is 11.5. The van der Waals surface area contributed by atoms with E-state index in [1.807, 2.05) is 5.92 Å². The van der Waals surface area contributed by atoms with Gasteiger partial charge in [0, 0.05) is 0 Å². The Kier molecular flexibility index (Phi) is 3.74. The maximum atomic E-state index is 2.58. The maximum Gasteiger partial charge on any atom is -0.0207 e. The Labute approximate surface area is 95.8 Å². The summed E-state index contributed by atoms with van der Waals surface area (Å²) in [6.07, 6.45) is 14.7. The first-order valence-corrected chi connectivity index (χ1v) is 7.11. The van der Waals surface area contributed by atoms with Gasteiger partial charge >= 0.3 is 0 Å².